The van der Waals surface area contributed by atoms with E-state index in [1.807, 2.05) is 0 Å². The lowest BCUT2D eigenvalue weighted by molar-refractivity contribution is -0.134. The minimum absolute atomic E-state index is 0.286. The number of thiocarbonyl (C=S) groups is 1. The SMILES string of the molecule is O=C(O)C1=CCS[C@H]2CC(=S)N12. The topological polar surface area (TPSA) is 40.5 Å². The number of hydrogen-bond donors (Lipinski definition) is 1. The van der Waals surface area contributed by atoms with Crippen LogP contribution in [0.2, 0.25) is 0 Å². The molecule has 0 amide bonds. The number of rotatable bonds is 1. The number of fused-ring (bicyclic) bond motifs is 1. The molecule has 0 unspecified atom stereocenters. The summed E-state index contributed by atoms with van der Waals surface area (Å²) in [7, 11) is 0. The van der Waals surface area contributed by atoms with E-state index in [9.17, 15) is 4.79 Å². The fourth-order valence-corrected chi connectivity index (χ4v) is 3.03. The third-order valence-corrected chi connectivity index (χ3v) is 3.43. The number of carboxylic acids is 1. The summed E-state index contributed by atoms with van der Waals surface area (Å²) in [4.78, 5) is 13.2. The van der Waals surface area contributed by atoms with E-state index in [1.54, 1.807) is 22.7 Å². The highest BCUT2D eigenvalue weighted by molar-refractivity contribution is 8.00. The highest BCUT2D eigenvalue weighted by Gasteiger charge is 2.39. The molecule has 3 nitrogen and oxygen atoms in total. The van der Waals surface area contributed by atoms with Crippen molar-refractivity contribution >= 4 is 34.9 Å². The Kier molecular flexibility index (Phi) is 1.84. The quantitative estimate of drug-likeness (QED) is 0.642. The molecule has 0 saturated carbocycles. The van der Waals surface area contributed by atoms with Crippen LogP contribution in [0, 0.1) is 0 Å². The summed E-state index contributed by atoms with van der Waals surface area (Å²) in [5.41, 5.74) is 0.356. The summed E-state index contributed by atoms with van der Waals surface area (Å²) in [5, 5.41) is 9.08. The minimum atomic E-state index is -0.873. The minimum Gasteiger partial charge on any atom is -0.477 e. The standard InChI is InChI=1S/C7H7NO2S2/c9-7(10)4-1-2-12-6-3-5(11)8(4)6/h1,6H,2-3H2,(H,9,10)/t6-/m0/s1. The second-order valence-corrected chi connectivity index (χ2v) is 4.33. The molecule has 1 fully saturated rings. The molecule has 0 spiro atoms. The highest BCUT2D eigenvalue weighted by Crippen LogP contribution is 2.37. The van der Waals surface area contributed by atoms with Gasteiger partial charge in [-0.25, -0.2) is 4.79 Å². The van der Waals surface area contributed by atoms with E-state index in [0.717, 1.165) is 17.2 Å². The molecule has 0 aromatic heterocycles. The Labute approximate surface area is 79.4 Å². The van der Waals surface area contributed by atoms with Crippen molar-refractivity contribution in [2.45, 2.75) is 11.8 Å². The average molecular weight is 201 g/mol. The first-order valence-electron chi connectivity index (χ1n) is 3.57. The fourth-order valence-electron chi connectivity index (χ4n) is 1.34. The Bertz CT molecular complexity index is 287. The molecule has 0 aliphatic carbocycles. The van der Waals surface area contributed by atoms with E-state index in [2.05, 4.69) is 0 Å². The van der Waals surface area contributed by atoms with Crippen molar-refractivity contribution in [3.63, 3.8) is 0 Å². The van der Waals surface area contributed by atoms with E-state index in [4.69, 9.17) is 17.3 Å². The largest absolute Gasteiger partial charge is 0.477 e. The zero-order valence-electron chi connectivity index (χ0n) is 6.19. The lowest BCUT2D eigenvalue weighted by Gasteiger charge is -2.44. The Morgan fingerprint density at radius 3 is 3.08 bits per heavy atom. The van der Waals surface area contributed by atoms with Crippen LogP contribution in [0.25, 0.3) is 0 Å². The molecule has 1 atom stereocenters. The van der Waals surface area contributed by atoms with Gasteiger partial charge >= 0.3 is 5.97 Å². The van der Waals surface area contributed by atoms with Gasteiger partial charge in [-0.2, -0.15) is 0 Å². The maximum absolute atomic E-state index is 10.7. The van der Waals surface area contributed by atoms with Crippen LogP contribution in [-0.4, -0.2) is 32.1 Å². The van der Waals surface area contributed by atoms with E-state index < -0.39 is 5.97 Å². The molecular weight excluding hydrogens is 194 g/mol. The van der Waals surface area contributed by atoms with Gasteiger partial charge in [0.1, 0.15) is 5.70 Å². The van der Waals surface area contributed by atoms with Gasteiger partial charge in [0.15, 0.2) is 0 Å². The summed E-state index contributed by atoms with van der Waals surface area (Å²) in [6.07, 6.45) is 2.57. The van der Waals surface area contributed by atoms with Crippen LogP contribution in [0.4, 0.5) is 0 Å². The predicted octanol–water partition coefficient (Wildman–Crippen LogP) is 1.06. The Hall–Kier alpha value is -0.550. The fraction of sp³-hybridized carbons (Fsp3) is 0.429. The second-order valence-electron chi connectivity index (χ2n) is 2.65. The van der Waals surface area contributed by atoms with Gasteiger partial charge in [-0.3, -0.25) is 0 Å². The molecule has 1 saturated heterocycles. The summed E-state index contributed by atoms with van der Waals surface area (Å²) < 4.78 is 0. The molecule has 64 valence electrons. The third-order valence-electron chi connectivity index (χ3n) is 1.95. The first-order chi connectivity index (χ1) is 5.70. The molecule has 1 N–H and O–H groups in total. The average Bonchev–Trinajstić information content (AvgIpc) is 2.01. The molecule has 5 heteroatoms. The van der Waals surface area contributed by atoms with Crippen molar-refractivity contribution in [3.05, 3.63) is 11.8 Å². The number of carbonyl (C=O) groups is 1. The number of aliphatic carboxylic acids is 1. The summed E-state index contributed by atoms with van der Waals surface area (Å²) in [5.74, 6) is -0.0897. The van der Waals surface area contributed by atoms with Gasteiger partial charge < -0.3 is 10.0 Å². The van der Waals surface area contributed by atoms with Crippen LogP contribution in [0.1, 0.15) is 6.42 Å². The number of thioether (sulfide) groups is 1. The van der Waals surface area contributed by atoms with Gasteiger partial charge in [-0.15, -0.1) is 11.8 Å². The molecule has 2 rings (SSSR count). The third kappa shape index (κ3) is 1.04. The molecule has 0 aromatic rings. The van der Waals surface area contributed by atoms with Crippen molar-refractivity contribution in [3.8, 4) is 0 Å². The molecule has 0 radical (unpaired) electrons. The van der Waals surface area contributed by atoms with Gasteiger partial charge in [-0.05, 0) is 6.08 Å². The zero-order valence-corrected chi connectivity index (χ0v) is 7.82. The van der Waals surface area contributed by atoms with Crippen molar-refractivity contribution in [2.75, 3.05) is 5.75 Å². The molecule has 0 bridgehead atoms. The van der Waals surface area contributed by atoms with Gasteiger partial charge in [-0.1, -0.05) is 12.2 Å². The van der Waals surface area contributed by atoms with Crippen molar-refractivity contribution in [2.24, 2.45) is 0 Å². The van der Waals surface area contributed by atoms with E-state index in [1.165, 1.54) is 0 Å². The number of hydrogen-bond acceptors (Lipinski definition) is 3. The highest BCUT2D eigenvalue weighted by atomic mass is 32.2. The molecule has 2 heterocycles. The van der Waals surface area contributed by atoms with Crippen LogP contribution in [0.3, 0.4) is 0 Å². The summed E-state index contributed by atoms with van der Waals surface area (Å²) in [6, 6.07) is 0. The van der Waals surface area contributed by atoms with Crippen LogP contribution in [0.15, 0.2) is 11.8 Å². The van der Waals surface area contributed by atoms with Crippen LogP contribution < -0.4 is 0 Å². The first kappa shape index (κ1) is 8.07. The number of nitrogens with zero attached hydrogens (tertiary/aromatic N) is 1. The van der Waals surface area contributed by atoms with Gasteiger partial charge in [0.2, 0.25) is 0 Å². The molecule has 12 heavy (non-hydrogen) atoms. The summed E-state index contributed by atoms with van der Waals surface area (Å²) >= 11 is 6.72. The van der Waals surface area contributed by atoms with Gasteiger partial charge in [0, 0.05) is 12.2 Å². The van der Waals surface area contributed by atoms with Crippen LogP contribution in [-0.2, 0) is 4.79 Å². The van der Waals surface area contributed by atoms with E-state index in [0.29, 0.717) is 5.70 Å². The normalized spacial score (nSPS) is 27.3. The maximum Gasteiger partial charge on any atom is 0.352 e. The van der Waals surface area contributed by atoms with Crippen molar-refractivity contribution in [1.82, 2.24) is 4.90 Å². The Morgan fingerprint density at radius 1 is 1.83 bits per heavy atom. The van der Waals surface area contributed by atoms with Crippen molar-refractivity contribution < 1.29 is 9.90 Å². The van der Waals surface area contributed by atoms with Gasteiger partial charge in [0.25, 0.3) is 0 Å². The predicted molar refractivity (Wildman–Crippen MR) is 51.0 cm³/mol. The Balaban J connectivity index is 2.26. The maximum atomic E-state index is 10.7. The second kappa shape index (κ2) is 2.74. The lowest BCUT2D eigenvalue weighted by Crippen LogP contribution is -2.52. The zero-order chi connectivity index (χ0) is 8.72. The molecule has 2 aliphatic rings. The molecule has 0 aromatic carbocycles. The molecular formula is C7H7NO2S2. The first-order valence-corrected chi connectivity index (χ1v) is 5.03. The van der Waals surface area contributed by atoms with Crippen LogP contribution >= 0.6 is 24.0 Å². The summed E-state index contributed by atoms with van der Waals surface area (Å²) in [6.45, 7) is 0. The van der Waals surface area contributed by atoms with Gasteiger partial charge in [0.05, 0.1) is 10.4 Å². The van der Waals surface area contributed by atoms with E-state index in [-0.39, 0.29) is 5.37 Å². The van der Waals surface area contributed by atoms with Crippen molar-refractivity contribution in [1.29, 1.82) is 0 Å². The van der Waals surface area contributed by atoms with E-state index >= 15 is 0 Å². The smallest absolute Gasteiger partial charge is 0.352 e. The monoisotopic (exact) mass is 201 g/mol. The van der Waals surface area contributed by atoms with Crippen LogP contribution in [0.5, 0.6) is 0 Å². The lowest BCUT2D eigenvalue weighted by atomic mass is 10.1. The number of carboxylic acid groups (broad SMARTS) is 1. The Morgan fingerprint density at radius 2 is 2.58 bits per heavy atom. The molecule has 2 aliphatic heterocycles.